The highest BCUT2D eigenvalue weighted by molar-refractivity contribution is 5.80. The van der Waals surface area contributed by atoms with Crippen molar-refractivity contribution in [3.05, 3.63) is 35.4 Å². The third-order valence-corrected chi connectivity index (χ3v) is 4.41. The number of rotatable bonds is 4. The number of carbonyl (C=O) groups excluding carboxylic acids is 1. The first-order chi connectivity index (χ1) is 11.2. The summed E-state index contributed by atoms with van der Waals surface area (Å²) in [7, 11) is 3.48. The lowest BCUT2D eigenvalue weighted by Gasteiger charge is -2.38. The number of halogens is 3. The maximum atomic E-state index is 12.8. The van der Waals surface area contributed by atoms with Gasteiger partial charge in [0, 0.05) is 46.8 Å². The van der Waals surface area contributed by atoms with E-state index < -0.39 is 11.7 Å². The Kier molecular flexibility index (Phi) is 5.87. The van der Waals surface area contributed by atoms with E-state index in [1.54, 1.807) is 25.1 Å². The van der Waals surface area contributed by atoms with Gasteiger partial charge in [0.05, 0.1) is 11.6 Å². The van der Waals surface area contributed by atoms with Crippen LogP contribution in [0.1, 0.15) is 18.1 Å². The fourth-order valence-electron chi connectivity index (χ4n) is 2.94. The van der Waals surface area contributed by atoms with Crippen LogP contribution >= 0.6 is 0 Å². The fourth-order valence-corrected chi connectivity index (χ4v) is 2.94. The normalized spacial score (nSPS) is 18.4. The maximum absolute atomic E-state index is 12.8. The number of likely N-dealkylation sites (N-methyl/N-ethyl adjacent to an activating group) is 1. The molecule has 1 saturated heterocycles. The van der Waals surface area contributed by atoms with E-state index in [1.165, 1.54) is 12.1 Å². The molecule has 7 heteroatoms. The van der Waals surface area contributed by atoms with Crippen LogP contribution in [0.2, 0.25) is 0 Å². The van der Waals surface area contributed by atoms with Gasteiger partial charge in [-0.05, 0) is 18.6 Å². The number of hydrogen-bond donors (Lipinski definition) is 0. The summed E-state index contributed by atoms with van der Waals surface area (Å²) in [5.74, 6) is 0.0707. The number of alkyl halides is 3. The lowest BCUT2D eigenvalue weighted by Crippen LogP contribution is -2.53. The van der Waals surface area contributed by atoms with Crippen molar-refractivity contribution in [3.63, 3.8) is 0 Å². The molecule has 24 heavy (non-hydrogen) atoms. The molecule has 1 heterocycles. The molecule has 1 amide bonds. The quantitative estimate of drug-likeness (QED) is 0.839. The van der Waals surface area contributed by atoms with Gasteiger partial charge in [-0.3, -0.25) is 14.6 Å². The first-order valence-corrected chi connectivity index (χ1v) is 8.02. The topological polar surface area (TPSA) is 26.8 Å². The van der Waals surface area contributed by atoms with Gasteiger partial charge >= 0.3 is 6.18 Å². The summed E-state index contributed by atoms with van der Waals surface area (Å²) in [6.45, 7) is 5.33. The van der Waals surface area contributed by atoms with Gasteiger partial charge in [-0.1, -0.05) is 18.2 Å². The minimum absolute atomic E-state index is 0.0707. The van der Waals surface area contributed by atoms with Crippen LogP contribution in [0.25, 0.3) is 0 Å². The van der Waals surface area contributed by atoms with Crippen LogP contribution in [-0.2, 0) is 17.5 Å². The molecule has 1 aliphatic rings. The molecule has 1 atom stereocenters. The van der Waals surface area contributed by atoms with Gasteiger partial charge in [0.1, 0.15) is 0 Å². The Balaban J connectivity index is 1.91. The molecule has 0 saturated carbocycles. The Labute approximate surface area is 140 Å². The monoisotopic (exact) mass is 343 g/mol. The van der Waals surface area contributed by atoms with E-state index in [1.807, 2.05) is 6.92 Å². The molecule has 1 aromatic carbocycles. The van der Waals surface area contributed by atoms with Crippen molar-refractivity contribution < 1.29 is 18.0 Å². The SMILES string of the molecule is CC(C(=O)N(C)C)N1CCN(Cc2cccc(C(F)(F)F)c2)CC1. The molecule has 0 aliphatic carbocycles. The zero-order chi connectivity index (χ0) is 17.9. The average Bonchev–Trinajstić information content (AvgIpc) is 2.53. The van der Waals surface area contributed by atoms with Gasteiger partial charge in [0.25, 0.3) is 0 Å². The molecule has 1 fully saturated rings. The van der Waals surface area contributed by atoms with Crippen molar-refractivity contribution in [2.75, 3.05) is 40.3 Å². The molecule has 1 aliphatic heterocycles. The lowest BCUT2D eigenvalue weighted by molar-refractivity contribution is -0.137. The summed E-state index contributed by atoms with van der Waals surface area (Å²) in [5.41, 5.74) is 0.0551. The van der Waals surface area contributed by atoms with E-state index in [-0.39, 0.29) is 11.9 Å². The van der Waals surface area contributed by atoms with E-state index in [0.29, 0.717) is 12.1 Å². The summed E-state index contributed by atoms with van der Waals surface area (Å²) in [6.07, 6.45) is -4.31. The maximum Gasteiger partial charge on any atom is 0.416 e. The van der Waals surface area contributed by atoms with Crippen LogP contribution < -0.4 is 0 Å². The van der Waals surface area contributed by atoms with E-state index in [4.69, 9.17) is 0 Å². The highest BCUT2D eigenvalue weighted by atomic mass is 19.4. The smallest absolute Gasteiger partial charge is 0.347 e. The third kappa shape index (κ3) is 4.70. The van der Waals surface area contributed by atoms with E-state index in [0.717, 1.165) is 32.2 Å². The summed E-state index contributed by atoms with van der Waals surface area (Å²) < 4.78 is 38.3. The molecule has 0 aromatic heterocycles. The Morgan fingerprint density at radius 2 is 1.83 bits per heavy atom. The minimum Gasteiger partial charge on any atom is -0.347 e. The molecule has 2 rings (SSSR count). The number of piperazine rings is 1. The van der Waals surface area contributed by atoms with Crippen LogP contribution in [0.15, 0.2) is 24.3 Å². The summed E-state index contributed by atoms with van der Waals surface area (Å²) >= 11 is 0. The average molecular weight is 343 g/mol. The molecule has 4 nitrogen and oxygen atoms in total. The molecular weight excluding hydrogens is 319 g/mol. The van der Waals surface area contributed by atoms with E-state index in [2.05, 4.69) is 9.80 Å². The number of hydrogen-bond acceptors (Lipinski definition) is 3. The number of benzene rings is 1. The lowest BCUT2D eigenvalue weighted by atomic mass is 10.1. The second kappa shape index (κ2) is 7.53. The van der Waals surface area contributed by atoms with Gasteiger partial charge in [-0.2, -0.15) is 13.2 Å². The number of amides is 1. The predicted molar refractivity (Wildman–Crippen MR) is 86.5 cm³/mol. The van der Waals surface area contributed by atoms with Gasteiger partial charge in [0.2, 0.25) is 5.91 Å². The van der Waals surface area contributed by atoms with Gasteiger partial charge in [0.15, 0.2) is 0 Å². The molecule has 0 radical (unpaired) electrons. The van der Waals surface area contributed by atoms with Crippen molar-refractivity contribution in [2.24, 2.45) is 0 Å². The van der Waals surface area contributed by atoms with Crippen molar-refractivity contribution >= 4 is 5.91 Å². The number of nitrogens with zero attached hydrogens (tertiary/aromatic N) is 3. The Bertz CT molecular complexity index is 566. The largest absolute Gasteiger partial charge is 0.416 e. The Hall–Kier alpha value is -1.60. The third-order valence-electron chi connectivity index (χ3n) is 4.41. The van der Waals surface area contributed by atoms with Gasteiger partial charge in [-0.15, -0.1) is 0 Å². The number of carbonyl (C=O) groups is 1. The molecular formula is C17H24F3N3O. The standard InChI is InChI=1S/C17H24F3N3O/c1-13(16(24)21(2)3)23-9-7-22(8-10-23)12-14-5-4-6-15(11-14)17(18,19)20/h4-6,11,13H,7-10,12H2,1-3H3. The molecule has 0 bridgehead atoms. The zero-order valence-corrected chi connectivity index (χ0v) is 14.3. The van der Waals surface area contributed by atoms with E-state index in [9.17, 15) is 18.0 Å². The van der Waals surface area contributed by atoms with Crippen LogP contribution in [-0.4, -0.2) is 66.9 Å². The highest BCUT2D eigenvalue weighted by Gasteiger charge is 2.31. The van der Waals surface area contributed by atoms with Gasteiger partial charge in [-0.25, -0.2) is 0 Å². The van der Waals surface area contributed by atoms with Crippen molar-refractivity contribution in [1.82, 2.24) is 14.7 Å². The second-order valence-electron chi connectivity index (χ2n) is 6.42. The Morgan fingerprint density at radius 1 is 1.21 bits per heavy atom. The van der Waals surface area contributed by atoms with E-state index >= 15 is 0 Å². The van der Waals surface area contributed by atoms with Crippen molar-refractivity contribution in [2.45, 2.75) is 25.7 Å². The zero-order valence-electron chi connectivity index (χ0n) is 14.3. The second-order valence-corrected chi connectivity index (χ2v) is 6.42. The minimum atomic E-state index is -4.31. The molecule has 1 unspecified atom stereocenters. The molecule has 134 valence electrons. The Morgan fingerprint density at radius 3 is 2.38 bits per heavy atom. The van der Waals surface area contributed by atoms with Crippen LogP contribution in [0.5, 0.6) is 0 Å². The predicted octanol–water partition coefficient (Wildman–Crippen LogP) is 2.30. The summed E-state index contributed by atoms with van der Waals surface area (Å²) in [5, 5.41) is 0. The molecule has 0 N–H and O–H groups in total. The van der Waals surface area contributed by atoms with Crippen LogP contribution in [0, 0.1) is 0 Å². The fraction of sp³-hybridized carbons (Fsp3) is 0.588. The molecule has 0 spiro atoms. The molecule has 1 aromatic rings. The summed E-state index contributed by atoms with van der Waals surface area (Å²) in [4.78, 5) is 17.8. The van der Waals surface area contributed by atoms with Crippen molar-refractivity contribution in [1.29, 1.82) is 0 Å². The van der Waals surface area contributed by atoms with Crippen LogP contribution in [0.3, 0.4) is 0 Å². The first-order valence-electron chi connectivity index (χ1n) is 8.02. The highest BCUT2D eigenvalue weighted by Crippen LogP contribution is 2.29. The van der Waals surface area contributed by atoms with Gasteiger partial charge < -0.3 is 4.90 Å². The first kappa shape index (κ1) is 18.7. The van der Waals surface area contributed by atoms with Crippen LogP contribution in [0.4, 0.5) is 13.2 Å². The summed E-state index contributed by atoms with van der Waals surface area (Å²) in [6, 6.07) is 5.31. The van der Waals surface area contributed by atoms with Crippen molar-refractivity contribution in [3.8, 4) is 0 Å².